The summed E-state index contributed by atoms with van der Waals surface area (Å²) in [6.07, 6.45) is 9.88. The molecule has 0 spiro atoms. The van der Waals surface area contributed by atoms with Crippen LogP contribution in [0.5, 0.6) is 0 Å². The molecule has 5 atom stereocenters. The lowest BCUT2D eigenvalue weighted by Crippen LogP contribution is -2.41. The van der Waals surface area contributed by atoms with E-state index in [-0.39, 0.29) is 18.1 Å². The van der Waals surface area contributed by atoms with Crippen molar-refractivity contribution >= 4 is 0 Å². The zero-order valence-corrected chi connectivity index (χ0v) is 12.7. The molecule has 0 radical (unpaired) electrons. The average molecular weight is 268 g/mol. The standard InChI is InChI=1S/C17H32O2/c1-3-12(4-2)14-10-7-9-13-8-5-6-11-15(18)16(13)17(14)19/h12-19H,3-11H2,1-2H3. The minimum absolute atomic E-state index is 0.149. The van der Waals surface area contributed by atoms with Gasteiger partial charge >= 0.3 is 0 Å². The Morgan fingerprint density at radius 1 is 0.895 bits per heavy atom. The van der Waals surface area contributed by atoms with E-state index in [1.807, 2.05) is 0 Å². The first-order valence-corrected chi connectivity index (χ1v) is 8.55. The molecular formula is C17H32O2. The van der Waals surface area contributed by atoms with Gasteiger partial charge in [0.15, 0.2) is 0 Å². The number of rotatable bonds is 3. The predicted molar refractivity (Wildman–Crippen MR) is 78.9 cm³/mol. The van der Waals surface area contributed by atoms with Crippen LogP contribution < -0.4 is 0 Å². The fourth-order valence-electron chi connectivity index (χ4n) is 4.78. The van der Waals surface area contributed by atoms with Crippen LogP contribution in [0, 0.1) is 23.7 Å². The van der Waals surface area contributed by atoms with Crippen molar-refractivity contribution in [1.82, 2.24) is 0 Å². The average Bonchev–Trinajstić information content (AvgIpc) is 2.67. The van der Waals surface area contributed by atoms with E-state index in [0.717, 1.165) is 32.1 Å². The third-order valence-corrected chi connectivity index (χ3v) is 5.91. The summed E-state index contributed by atoms with van der Waals surface area (Å²) in [6, 6.07) is 0. The van der Waals surface area contributed by atoms with E-state index in [1.165, 1.54) is 25.7 Å². The zero-order chi connectivity index (χ0) is 13.8. The lowest BCUT2D eigenvalue weighted by atomic mass is 9.74. The van der Waals surface area contributed by atoms with Crippen molar-refractivity contribution in [2.24, 2.45) is 23.7 Å². The number of aliphatic hydroxyl groups is 2. The maximum absolute atomic E-state index is 10.9. The van der Waals surface area contributed by atoms with Crippen molar-refractivity contribution in [3.05, 3.63) is 0 Å². The molecule has 2 heteroatoms. The Hall–Kier alpha value is -0.0800. The molecule has 2 nitrogen and oxygen atoms in total. The maximum atomic E-state index is 10.9. The van der Waals surface area contributed by atoms with Crippen LogP contribution in [0.15, 0.2) is 0 Å². The molecule has 2 saturated carbocycles. The fourth-order valence-corrected chi connectivity index (χ4v) is 4.78. The lowest BCUT2D eigenvalue weighted by molar-refractivity contribution is -0.0514. The first kappa shape index (κ1) is 15.3. The first-order chi connectivity index (χ1) is 9.19. The third-order valence-electron chi connectivity index (χ3n) is 5.91. The summed E-state index contributed by atoms with van der Waals surface area (Å²) in [5.41, 5.74) is 0. The summed E-state index contributed by atoms with van der Waals surface area (Å²) >= 11 is 0. The molecule has 0 heterocycles. The Kier molecular flexibility index (Phi) is 5.70. The Morgan fingerprint density at radius 3 is 2.21 bits per heavy atom. The number of hydrogen-bond donors (Lipinski definition) is 2. The molecule has 0 aromatic heterocycles. The van der Waals surface area contributed by atoms with Gasteiger partial charge in [-0.05, 0) is 43.4 Å². The fraction of sp³-hybridized carbons (Fsp3) is 1.00. The molecule has 0 aromatic carbocycles. The van der Waals surface area contributed by atoms with Crippen LogP contribution >= 0.6 is 0 Å². The van der Waals surface area contributed by atoms with E-state index in [2.05, 4.69) is 13.8 Å². The van der Waals surface area contributed by atoms with Crippen molar-refractivity contribution in [1.29, 1.82) is 0 Å². The molecule has 2 fully saturated rings. The predicted octanol–water partition coefficient (Wildman–Crippen LogP) is 3.75. The maximum Gasteiger partial charge on any atom is 0.0626 e. The second-order valence-corrected chi connectivity index (χ2v) is 6.85. The van der Waals surface area contributed by atoms with Crippen LogP contribution in [0.4, 0.5) is 0 Å². The van der Waals surface area contributed by atoms with Gasteiger partial charge < -0.3 is 10.2 Å². The minimum Gasteiger partial charge on any atom is -0.393 e. The second kappa shape index (κ2) is 7.08. The molecule has 0 aliphatic heterocycles. The van der Waals surface area contributed by atoms with E-state index < -0.39 is 0 Å². The van der Waals surface area contributed by atoms with Gasteiger partial charge in [0.25, 0.3) is 0 Å². The van der Waals surface area contributed by atoms with Crippen molar-refractivity contribution in [2.45, 2.75) is 83.8 Å². The topological polar surface area (TPSA) is 40.5 Å². The Labute approximate surface area is 118 Å². The van der Waals surface area contributed by atoms with Crippen molar-refractivity contribution in [3.63, 3.8) is 0 Å². The third kappa shape index (κ3) is 3.33. The Balaban J connectivity index is 2.17. The number of fused-ring (bicyclic) bond motifs is 1. The molecule has 0 bridgehead atoms. The normalized spacial score (nSPS) is 40.6. The molecule has 0 aromatic rings. The van der Waals surface area contributed by atoms with Crippen LogP contribution in [0.1, 0.15) is 71.6 Å². The van der Waals surface area contributed by atoms with Crippen LogP contribution in [0.2, 0.25) is 0 Å². The summed E-state index contributed by atoms with van der Waals surface area (Å²) in [7, 11) is 0. The molecule has 0 saturated heterocycles. The highest BCUT2D eigenvalue weighted by atomic mass is 16.3. The highest BCUT2D eigenvalue weighted by Crippen LogP contribution is 2.43. The molecule has 2 rings (SSSR count). The van der Waals surface area contributed by atoms with Gasteiger partial charge in [-0.2, -0.15) is 0 Å². The Morgan fingerprint density at radius 2 is 1.53 bits per heavy atom. The van der Waals surface area contributed by atoms with Gasteiger partial charge in [-0.3, -0.25) is 0 Å². The van der Waals surface area contributed by atoms with E-state index in [9.17, 15) is 10.2 Å². The molecule has 112 valence electrons. The summed E-state index contributed by atoms with van der Waals surface area (Å²) < 4.78 is 0. The smallest absolute Gasteiger partial charge is 0.0626 e. The summed E-state index contributed by atoms with van der Waals surface area (Å²) in [6.45, 7) is 4.49. The van der Waals surface area contributed by atoms with Gasteiger partial charge in [-0.25, -0.2) is 0 Å². The van der Waals surface area contributed by atoms with Gasteiger partial charge in [0.2, 0.25) is 0 Å². The molecule has 0 amide bonds. The SMILES string of the molecule is CCC(CC)C1CCCC2CCCCC(O)C2C1O. The molecule has 19 heavy (non-hydrogen) atoms. The van der Waals surface area contributed by atoms with Gasteiger partial charge in [0.05, 0.1) is 12.2 Å². The van der Waals surface area contributed by atoms with Crippen LogP contribution in [0.3, 0.4) is 0 Å². The summed E-state index contributed by atoms with van der Waals surface area (Å²) in [5.74, 6) is 1.75. The van der Waals surface area contributed by atoms with E-state index in [0.29, 0.717) is 17.8 Å². The van der Waals surface area contributed by atoms with Gasteiger partial charge in [0.1, 0.15) is 0 Å². The van der Waals surface area contributed by atoms with Gasteiger partial charge in [0, 0.05) is 5.92 Å². The van der Waals surface area contributed by atoms with Crippen molar-refractivity contribution in [2.75, 3.05) is 0 Å². The largest absolute Gasteiger partial charge is 0.393 e. The summed E-state index contributed by atoms with van der Waals surface area (Å²) in [5, 5.41) is 21.4. The quantitative estimate of drug-likeness (QED) is 0.818. The number of aliphatic hydroxyl groups excluding tert-OH is 2. The van der Waals surface area contributed by atoms with Crippen molar-refractivity contribution in [3.8, 4) is 0 Å². The second-order valence-electron chi connectivity index (χ2n) is 6.85. The van der Waals surface area contributed by atoms with Gasteiger partial charge in [-0.15, -0.1) is 0 Å². The van der Waals surface area contributed by atoms with Crippen LogP contribution in [-0.2, 0) is 0 Å². The van der Waals surface area contributed by atoms with Gasteiger partial charge in [-0.1, -0.05) is 46.0 Å². The van der Waals surface area contributed by atoms with Crippen molar-refractivity contribution < 1.29 is 10.2 Å². The highest BCUT2D eigenvalue weighted by molar-refractivity contribution is 4.92. The summed E-state index contributed by atoms with van der Waals surface area (Å²) in [4.78, 5) is 0. The van der Waals surface area contributed by atoms with E-state index in [1.54, 1.807) is 0 Å². The van der Waals surface area contributed by atoms with Crippen LogP contribution in [-0.4, -0.2) is 22.4 Å². The number of hydrogen-bond acceptors (Lipinski definition) is 2. The molecule has 5 unspecified atom stereocenters. The highest BCUT2D eigenvalue weighted by Gasteiger charge is 2.42. The molecule has 2 aliphatic carbocycles. The van der Waals surface area contributed by atoms with Crippen LogP contribution in [0.25, 0.3) is 0 Å². The van der Waals surface area contributed by atoms with E-state index >= 15 is 0 Å². The molecule has 2 N–H and O–H groups in total. The lowest BCUT2D eigenvalue weighted by Gasteiger charge is -2.36. The minimum atomic E-state index is -0.273. The first-order valence-electron chi connectivity index (χ1n) is 8.55. The zero-order valence-electron chi connectivity index (χ0n) is 12.7. The molecular weight excluding hydrogens is 236 g/mol. The van der Waals surface area contributed by atoms with E-state index in [4.69, 9.17) is 0 Å². The Bertz CT molecular complexity index is 262. The monoisotopic (exact) mass is 268 g/mol. The molecule has 2 aliphatic rings.